The lowest BCUT2D eigenvalue weighted by Gasteiger charge is -2.36. The van der Waals surface area contributed by atoms with Crippen molar-refractivity contribution in [2.24, 2.45) is 0 Å². The highest BCUT2D eigenvalue weighted by Crippen LogP contribution is 2.35. The fourth-order valence-electron chi connectivity index (χ4n) is 10.0. The Morgan fingerprint density at radius 2 is 0.762 bits per heavy atom. The zero-order valence-corrected chi connectivity index (χ0v) is 49.3. The number of rotatable bonds is 39. The van der Waals surface area contributed by atoms with Crippen LogP contribution in [0.15, 0.2) is 121 Å². The molecule has 0 saturated carbocycles. The molecule has 0 radical (unpaired) electrons. The van der Waals surface area contributed by atoms with Crippen molar-refractivity contribution in [1.29, 1.82) is 0 Å². The largest absolute Gasteiger partial charge is 0.573 e. The number of ether oxygens (including phenoxy) is 8. The summed E-state index contributed by atoms with van der Waals surface area (Å²) in [7, 11) is 0. The Hall–Kier alpha value is -6.87. The Labute approximate surface area is 495 Å². The molecule has 0 aromatic heterocycles. The van der Waals surface area contributed by atoms with E-state index < -0.39 is 54.3 Å². The molecule has 5 aromatic carbocycles. The molecule has 1 fully saturated rings. The molecule has 1 aliphatic rings. The molecule has 3 atom stereocenters. The number of halogens is 3. The van der Waals surface area contributed by atoms with E-state index in [0.29, 0.717) is 48.2 Å². The molecule has 5 aromatic rings. The summed E-state index contributed by atoms with van der Waals surface area (Å²) in [5.74, 6) is -1.14. The van der Waals surface area contributed by atoms with Crippen LogP contribution in [0.25, 0.3) is 0 Å². The molecule has 0 spiro atoms. The number of unbranched alkanes of at least 4 members (excludes halogenated alkanes) is 22. The molecule has 1 saturated heterocycles. The summed E-state index contributed by atoms with van der Waals surface area (Å²) in [5, 5.41) is 0. The third-order valence-electron chi connectivity index (χ3n) is 14.9. The van der Waals surface area contributed by atoms with E-state index in [2.05, 4.69) is 18.6 Å². The van der Waals surface area contributed by atoms with Crippen molar-refractivity contribution in [3.05, 3.63) is 149 Å². The quantitative estimate of drug-likeness (QED) is 0.0210. The van der Waals surface area contributed by atoms with Crippen LogP contribution < -0.4 is 23.7 Å². The van der Waals surface area contributed by atoms with Crippen LogP contribution in [0.2, 0.25) is 0 Å². The molecule has 0 N–H and O–H groups in total. The predicted octanol–water partition coefficient (Wildman–Crippen LogP) is 18.5. The zero-order valence-electron chi connectivity index (χ0n) is 49.3. The normalized spacial score (nSPS) is 15.0. The van der Waals surface area contributed by atoms with E-state index in [4.69, 9.17) is 33.2 Å². The molecule has 456 valence electrons. The second kappa shape index (κ2) is 37.4. The van der Waals surface area contributed by atoms with Gasteiger partial charge < -0.3 is 37.9 Å². The summed E-state index contributed by atoms with van der Waals surface area (Å²) >= 11 is 0. The highest BCUT2D eigenvalue weighted by atomic mass is 19.4. The lowest BCUT2D eigenvalue weighted by atomic mass is 9.96. The minimum Gasteiger partial charge on any atom is -0.494 e. The smallest absolute Gasteiger partial charge is 0.494 e. The van der Waals surface area contributed by atoms with Gasteiger partial charge in [0.2, 0.25) is 0 Å². The number of alkyl halides is 3. The molecule has 12 nitrogen and oxygen atoms in total. The third kappa shape index (κ3) is 25.1. The standard InChI is InChI=1S/C69H87F3O12/c1-3-5-7-9-11-13-15-17-19-21-23-25-49-77-57-39-43-59(44-40-57)80-66(74)54-29-27-53(28-30-54)65(73)79-51-64-63(48-47-62(82-64)52-35-37-61(38-36-52)84-69(70,71)72)83-68(76)56-33-31-55(32-34-56)67(75)81-60-45-41-58(42-46-60)78-50-26-24-22-20-18-16-14-12-10-8-6-4-2/h27-46,62-64H,3-26,47-51H2,1-2H3/t62-,63+,64-/m1/s1. The van der Waals surface area contributed by atoms with Crippen molar-refractivity contribution >= 4 is 23.9 Å². The number of benzene rings is 5. The summed E-state index contributed by atoms with van der Waals surface area (Å²) < 4.78 is 83.7. The minimum atomic E-state index is -4.87. The van der Waals surface area contributed by atoms with E-state index in [9.17, 15) is 32.3 Å². The maximum absolute atomic E-state index is 13.6. The average molecular weight is 1170 g/mol. The fraction of sp³-hybridized carbons (Fsp3) is 0.507. The molecule has 1 heterocycles. The van der Waals surface area contributed by atoms with Crippen molar-refractivity contribution in [2.45, 2.75) is 205 Å². The van der Waals surface area contributed by atoms with Crippen molar-refractivity contribution in [3.63, 3.8) is 0 Å². The first-order valence-corrected chi connectivity index (χ1v) is 30.9. The molecule has 1 aliphatic heterocycles. The van der Waals surface area contributed by atoms with Gasteiger partial charge in [0.1, 0.15) is 47.6 Å². The van der Waals surface area contributed by atoms with Gasteiger partial charge in [-0.2, -0.15) is 0 Å². The monoisotopic (exact) mass is 1160 g/mol. The van der Waals surface area contributed by atoms with Gasteiger partial charge in [-0.05, 0) is 140 Å². The van der Waals surface area contributed by atoms with Gasteiger partial charge in [0.25, 0.3) is 0 Å². The summed E-state index contributed by atoms with van der Waals surface area (Å²) in [5.41, 5.74) is 1.16. The van der Waals surface area contributed by atoms with E-state index >= 15 is 0 Å². The lowest BCUT2D eigenvalue weighted by Crippen LogP contribution is -2.42. The average Bonchev–Trinajstić information content (AvgIpc) is 3.46. The van der Waals surface area contributed by atoms with Crippen LogP contribution in [0.5, 0.6) is 28.7 Å². The van der Waals surface area contributed by atoms with Crippen molar-refractivity contribution in [2.75, 3.05) is 19.8 Å². The second-order valence-electron chi connectivity index (χ2n) is 21.8. The fourth-order valence-corrected chi connectivity index (χ4v) is 10.0. The molecular weight excluding hydrogens is 1080 g/mol. The lowest BCUT2D eigenvalue weighted by molar-refractivity contribution is -0.274. The Morgan fingerprint density at radius 1 is 0.417 bits per heavy atom. The summed E-state index contributed by atoms with van der Waals surface area (Å²) in [6.07, 6.45) is 23.5. The number of carbonyl (C=O) groups is 4. The molecule has 0 unspecified atom stereocenters. The Balaban J connectivity index is 0.940. The van der Waals surface area contributed by atoms with E-state index in [0.717, 1.165) is 25.7 Å². The Kier molecular flexibility index (Phi) is 29.5. The first-order chi connectivity index (χ1) is 40.9. The highest BCUT2D eigenvalue weighted by Gasteiger charge is 2.37. The Bertz CT molecular complexity index is 2660. The van der Waals surface area contributed by atoms with Gasteiger partial charge in [-0.1, -0.05) is 167 Å². The van der Waals surface area contributed by atoms with Gasteiger partial charge >= 0.3 is 30.2 Å². The Morgan fingerprint density at radius 3 is 1.15 bits per heavy atom. The molecule has 0 aliphatic carbocycles. The van der Waals surface area contributed by atoms with E-state index in [1.165, 1.54) is 201 Å². The van der Waals surface area contributed by atoms with Crippen molar-refractivity contribution in [1.82, 2.24) is 0 Å². The molecule has 0 bridgehead atoms. The molecular formula is C69H87F3O12. The molecule has 15 heteroatoms. The number of esters is 4. The summed E-state index contributed by atoms with van der Waals surface area (Å²) in [6, 6.07) is 30.4. The third-order valence-corrected chi connectivity index (χ3v) is 14.9. The molecule has 0 amide bonds. The first-order valence-electron chi connectivity index (χ1n) is 30.9. The number of carbonyl (C=O) groups excluding carboxylic acids is 4. The number of hydrogen-bond acceptors (Lipinski definition) is 12. The van der Waals surface area contributed by atoms with Crippen LogP contribution in [0.4, 0.5) is 13.2 Å². The van der Waals surface area contributed by atoms with E-state index in [1.54, 1.807) is 48.5 Å². The molecule has 6 rings (SSSR count). The zero-order chi connectivity index (χ0) is 59.6. The summed E-state index contributed by atoms with van der Waals surface area (Å²) in [6.45, 7) is 5.34. The van der Waals surface area contributed by atoms with E-state index in [-0.39, 0.29) is 35.3 Å². The minimum absolute atomic E-state index is 0.118. The molecule has 84 heavy (non-hydrogen) atoms. The van der Waals surface area contributed by atoms with Crippen LogP contribution in [-0.2, 0) is 14.2 Å². The predicted molar refractivity (Wildman–Crippen MR) is 318 cm³/mol. The second-order valence-corrected chi connectivity index (χ2v) is 21.8. The van der Waals surface area contributed by atoms with Crippen LogP contribution in [0.3, 0.4) is 0 Å². The topological polar surface area (TPSA) is 142 Å². The van der Waals surface area contributed by atoms with Gasteiger partial charge in [-0.25, -0.2) is 19.2 Å². The van der Waals surface area contributed by atoms with Crippen LogP contribution in [0.1, 0.15) is 234 Å². The summed E-state index contributed by atoms with van der Waals surface area (Å²) in [4.78, 5) is 53.2. The van der Waals surface area contributed by atoms with Gasteiger partial charge in [0, 0.05) is 0 Å². The van der Waals surface area contributed by atoms with Gasteiger partial charge in [0.15, 0.2) is 0 Å². The van der Waals surface area contributed by atoms with Crippen LogP contribution >= 0.6 is 0 Å². The van der Waals surface area contributed by atoms with Crippen LogP contribution in [-0.4, -0.2) is 62.3 Å². The maximum Gasteiger partial charge on any atom is 0.573 e. The van der Waals surface area contributed by atoms with Crippen molar-refractivity contribution < 1.29 is 70.2 Å². The highest BCUT2D eigenvalue weighted by molar-refractivity contribution is 5.95. The van der Waals surface area contributed by atoms with Crippen molar-refractivity contribution in [3.8, 4) is 28.7 Å². The number of hydrogen-bond donors (Lipinski definition) is 0. The van der Waals surface area contributed by atoms with Crippen LogP contribution in [0, 0.1) is 0 Å². The van der Waals surface area contributed by atoms with Gasteiger partial charge in [-0.15, -0.1) is 13.2 Å². The SMILES string of the molecule is CCCCCCCCCCCCCCOc1ccc(OC(=O)c2ccc(C(=O)OC[C@H]3O[C@@H](c4ccc(OC(F)(F)F)cc4)CC[C@@H]3OC(=O)c3ccc(C(=O)Oc4ccc(OCCCCCCCCCCCCCC)cc4)cc3)cc2)cc1. The van der Waals surface area contributed by atoms with E-state index in [1.807, 2.05) is 0 Å². The maximum atomic E-state index is 13.6. The van der Waals surface area contributed by atoms with Gasteiger partial charge in [-0.3, -0.25) is 0 Å². The first kappa shape index (κ1) is 66.3. The van der Waals surface area contributed by atoms with Gasteiger partial charge in [0.05, 0.1) is 41.6 Å².